The molecular formula is C13H23N3O. The van der Waals surface area contributed by atoms with E-state index >= 15 is 0 Å². The van der Waals surface area contributed by atoms with Crippen LogP contribution in [0.1, 0.15) is 70.2 Å². The minimum atomic E-state index is -0.465. The molecule has 1 heterocycles. The Kier molecular flexibility index (Phi) is 4.15. The summed E-state index contributed by atoms with van der Waals surface area (Å²) in [4.78, 5) is 0. The van der Waals surface area contributed by atoms with Crippen LogP contribution >= 0.6 is 0 Å². The van der Waals surface area contributed by atoms with E-state index in [1.54, 1.807) is 0 Å². The minimum absolute atomic E-state index is 0.465. The first kappa shape index (κ1) is 12.6. The molecule has 0 saturated heterocycles. The molecule has 2 rings (SSSR count). The molecule has 96 valence electrons. The van der Waals surface area contributed by atoms with E-state index in [4.69, 9.17) is 0 Å². The van der Waals surface area contributed by atoms with Gasteiger partial charge in [-0.05, 0) is 25.2 Å². The maximum Gasteiger partial charge on any atom is 0.111 e. The minimum Gasteiger partial charge on any atom is -0.387 e. The number of hydrogen-bond acceptors (Lipinski definition) is 3. The van der Waals surface area contributed by atoms with Gasteiger partial charge in [0.05, 0.1) is 18.3 Å². The van der Waals surface area contributed by atoms with Gasteiger partial charge in [0, 0.05) is 0 Å². The molecule has 4 nitrogen and oxygen atoms in total. The molecule has 4 heteroatoms. The van der Waals surface area contributed by atoms with E-state index in [2.05, 4.69) is 17.2 Å². The zero-order chi connectivity index (χ0) is 12.3. The second kappa shape index (κ2) is 5.63. The van der Waals surface area contributed by atoms with Gasteiger partial charge in [0.25, 0.3) is 0 Å². The topological polar surface area (TPSA) is 50.9 Å². The van der Waals surface area contributed by atoms with Crippen molar-refractivity contribution in [3.05, 3.63) is 11.9 Å². The molecule has 3 atom stereocenters. The molecule has 0 amide bonds. The van der Waals surface area contributed by atoms with E-state index in [-0.39, 0.29) is 0 Å². The fraction of sp³-hybridized carbons (Fsp3) is 0.846. The summed E-state index contributed by atoms with van der Waals surface area (Å²) in [5.74, 6) is 0.720. The Morgan fingerprint density at radius 1 is 1.41 bits per heavy atom. The molecule has 1 aromatic heterocycles. The molecule has 17 heavy (non-hydrogen) atoms. The number of aromatic nitrogens is 3. The van der Waals surface area contributed by atoms with Crippen molar-refractivity contribution in [2.75, 3.05) is 0 Å². The van der Waals surface area contributed by atoms with Gasteiger partial charge in [0.1, 0.15) is 5.69 Å². The van der Waals surface area contributed by atoms with E-state index in [0.717, 1.165) is 5.92 Å². The normalized spacial score (nSPS) is 27.0. The van der Waals surface area contributed by atoms with Crippen LogP contribution in [-0.2, 0) is 0 Å². The van der Waals surface area contributed by atoms with Crippen molar-refractivity contribution in [2.24, 2.45) is 5.92 Å². The Morgan fingerprint density at radius 2 is 2.18 bits per heavy atom. The summed E-state index contributed by atoms with van der Waals surface area (Å²) >= 11 is 0. The SMILES string of the molecule is CCC(O)c1cn(C2CCCCC2CC)nn1. The van der Waals surface area contributed by atoms with Crippen LogP contribution in [0.4, 0.5) is 0 Å². The monoisotopic (exact) mass is 237 g/mol. The molecule has 1 aromatic rings. The van der Waals surface area contributed by atoms with Crippen molar-refractivity contribution < 1.29 is 5.11 Å². The highest BCUT2D eigenvalue weighted by molar-refractivity contribution is 4.98. The highest BCUT2D eigenvalue weighted by Gasteiger charge is 2.26. The van der Waals surface area contributed by atoms with E-state index in [1.165, 1.54) is 32.1 Å². The van der Waals surface area contributed by atoms with Crippen LogP contribution in [-0.4, -0.2) is 20.1 Å². The Balaban J connectivity index is 2.12. The predicted molar refractivity (Wildman–Crippen MR) is 66.6 cm³/mol. The van der Waals surface area contributed by atoms with E-state index < -0.39 is 6.10 Å². The van der Waals surface area contributed by atoms with Gasteiger partial charge < -0.3 is 5.11 Å². The molecule has 1 saturated carbocycles. The van der Waals surface area contributed by atoms with Gasteiger partial charge in [-0.3, -0.25) is 0 Å². The average Bonchev–Trinajstić information content (AvgIpc) is 2.87. The summed E-state index contributed by atoms with van der Waals surface area (Å²) in [5, 5.41) is 18.1. The third kappa shape index (κ3) is 2.68. The van der Waals surface area contributed by atoms with Crippen molar-refractivity contribution in [3.8, 4) is 0 Å². The highest BCUT2D eigenvalue weighted by atomic mass is 16.3. The van der Waals surface area contributed by atoms with Gasteiger partial charge in [-0.25, -0.2) is 4.68 Å². The van der Waals surface area contributed by atoms with Crippen LogP contribution < -0.4 is 0 Å². The fourth-order valence-electron chi connectivity index (χ4n) is 2.83. The molecular weight excluding hydrogens is 214 g/mol. The van der Waals surface area contributed by atoms with Gasteiger partial charge in [0.15, 0.2) is 0 Å². The third-order valence-electron chi connectivity index (χ3n) is 3.99. The maximum atomic E-state index is 9.75. The van der Waals surface area contributed by atoms with Crippen molar-refractivity contribution in [1.29, 1.82) is 0 Å². The van der Waals surface area contributed by atoms with Gasteiger partial charge in [-0.15, -0.1) is 5.10 Å². The molecule has 0 aromatic carbocycles. The zero-order valence-corrected chi connectivity index (χ0v) is 10.8. The zero-order valence-electron chi connectivity index (χ0n) is 10.8. The Morgan fingerprint density at radius 3 is 2.88 bits per heavy atom. The van der Waals surface area contributed by atoms with Crippen LogP contribution in [0.15, 0.2) is 6.20 Å². The van der Waals surface area contributed by atoms with E-state index in [1.807, 2.05) is 17.8 Å². The first-order valence-electron chi connectivity index (χ1n) is 6.86. The van der Waals surface area contributed by atoms with Gasteiger partial charge >= 0.3 is 0 Å². The van der Waals surface area contributed by atoms with Gasteiger partial charge in [-0.1, -0.05) is 38.3 Å². The quantitative estimate of drug-likeness (QED) is 0.876. The summed E-state index contributed by atoms with van der Waals surface area (Å²) in [6.45, 7) is 4.21. The fourth-order valence-corrected chi connectivity index (χ4v) is 2.83. The number of rotatable bonds is 4. The van der Waals surface area contributed by atoms with Crippen LogP contribution in [0.25, 0.3) is 0 Å². The third-order valence-corrected chi connectivity index (χ3v) is 3.99. The largest absolute Gasteiger partial charge is 0.387 e. The van der Waals surface area contributed by atoms with Crippen LogP contribution in [0, 0.1) is 5.92 Å². The van der Waals surface area contributed by atoms with Crippen LogP contribution in [0.3, 0.4) is 0 Å². The Hall–Kier alpha value is -0.900. The Bertz CT molecular complexity index is 350. The van der Waals surface area contributed by atoms with Crippen molar-refractivity contribution in [1.82, 2.24) is 15.0 Å². The van der Waals surface area contributed by atoms with Gasteiger partial charge in [0.2, 0.25) is 0 Å². The van der Waals surface area contributed by atoms with Gasteiger partial charge in [-0.2, -0.15) is 0 Å². The molecule has 0 spiro atoms. The first-order valence-corrected chi connectivity index (χ1v) is 6.86. The summed E-state index contributed by atoms with van der Waals surface area (Å²) in [6.07, 6.45) is 8.49. The summed E-state index contributed by atoms with van der Waals surface area (Å²) < 4.78 is 1.99. The summed E-state index contributed by atoms with van der Waals surface area (Å²) in [5.41, 5.74) is 0.716. The average molecular weight is 237 g/mol. The standard InChI is InChI=1S/C13H23N3O/c1-3-10-7-5-6-8-12(10)16-9-11(14-15-16)13(17)4-2/h9-10,12-13,17H,3-8H2,1-2H3. The molecule has 1 aliphatic carbocycles. The summed E-state index contributed by atoms with van der Waals surface area (Å²) in [6, 6.07) is 0.485. The first-order chi connectivity index (χ1) is 8.26. The van der Waals surface area contributed by atoms with Crippen molar-refractivity contribution in [3.63, 3.8) is 0 Å². The number of hydrogen-bond donors (Lipinski definition) is 1. The highest BCUT2D eigenvalue weighted by Crippen LogP contribution is 2.35. The predicted octanol–water partition coefficient (Wildman–Crippen LogP) is 2.86. The lowest BCUT2D eigenvalue weighted by Crippen LogP contribution is -2.23. The lowest BCUT2D eigenvalue weighted by Gasteiger charge is -2.30. The molecule has 1 aliphatic rings. The molecule has 0 radical (unpaired) electrons. The van der Waals surface area contributed by atoms with E-state index in [9.17, 15) is 5.11 Å². The summed E-state index contributed by atoms with van der Waals surface area (Å²) in [7, 11) is 0. The number of nitrogens with zero attached hydrogens (tertiary/aromatic N) is 3. The van der Waals surface area contributed by atoms with E-state index in [0.29, 0.717) is 18.2 Å². The van der Waals surface area contributed by atoms with Crippen LogP contribution in [0.5, 0.6) is 0 Å². The molecule has 0 bridgehead atoms. The lowest BCUT2D eigenvalue weighted by molar-refractivity contribution is 0.168. The Labute approximate surface area is 103 Å². The molecule has 1 N–H and O–H groups in total. The van der Waals surface area contributed by atoms with Crippen molar-refractivity contribution >= 4 is 0 Å². The number of aliphatic hydroxyl groups excluding tert-OH is 1. The van der Waals surface area contributed by atoms with Crippen LogP contribution in [0.2, 0.25) is 0 Å². The lowest BCUT2D eigenvalue weighted by atomic mass is 9.83. The smallest absolute Gasteiger partial charge is 0.111 e. The molecule has 1 fully saturated rings. The second-order valence-electron chi connectivity index (χ2n) is 5.07. The van der Waals surface area contributed by atoms with Crippen molar-refractivity contribution in [2.45, 2.75) is 64.5 Å². The molecule has 0 aliphatic heterocycles. The maximum absolute atomic E-state index is 9.75. The molecule has 3 unspecified atom stereocenters. The number of aliphatic hydroxyl groups is 1. The second-order valence-corrected chi connectivity index (χ2v) is 5.07.